The van der Waals surface area contributed by atoms with Gasteiger partial charge >= 0.3 is 0 Å². The third-order valence-electron chi connectivity index (χ3n) is 3.76. The fourth-order valence-corrected chi connectivity index (χ4v) is 2.93. The smallest absolute Gasteiger partial charge is 0.192 e. The van der Waals surface area contributed by atoms with Gasteiger partial charge in [-0.05, 0) is 37.3 Å². The lowest BCUT2D eigenvalue weighted by atomic mass is 10.3. The maximum Gasteiger partial charge on any atom is 0.192 e. The first-order chi connectivity index (χ1) is 11.6. The second kappa shape index (κ2) is 11.4. The van der Waals surface area contributed by atoms with Crippen molar-refractivity contribution in [3.63, 3.8) is 0 Å². The van der Waals surface area contributed by atoms with Crippen LogP contribution in [-0.4, -0.2) is 41.0 Å². The standard InChI is InChI=1S/C16H26N6OS.HI/c1-12-6-9-24-14(12)10-18-16(17-7-5-8-23-4)19-11-15-21-20-13(2)22(15)3;/h6,9H,5,7-8,10-11H2,1-4H3,(H2,17,18,19);1H. The van der Waals surface area contributed by atoms with Crippen LogP contribution in [-0.2, 0) is 24.9 Å². The van der Waals surface area contributed by atoms with E-state index in [9.17, 15) is 0 Å². The van der Waals surface area contributed by atoms with Gasteiger partial charge in [0, 0.05) is 32.2 Å². The van der Waals surface area contributed by atoms with Crippen LogP contribution in [0.5, 0.6) is 0 Å². The molecule has 2 aromatic heterocycles. The second-order valence-electron chi connectivity index (χ2n) is 5.54. The number of thiophene rings is 1. The molecular weight excluding hydrogens is 451 g/mol. The molecule has 2 heterocycles. The highest BCUT2D eigenvalue weighted by Gasteiger charge is 2.06. The normalized spacial score (nSPS) is 11.3. The number of aromatic nitrogens is 3. The molecular formula is C16H27IN6OS. The first-order valence-corrected chi connectivity index (χ1v) is 8.88. The van der Waals surface area contributed by atoms with E-state index in [4.69, 9.17) is 4.74 Å². The topological polar surface area (TPSA) is 76.4 Å². The Morgan fingerprint density at radius 2 is 2.12 bits per heavy atom. The third-order valence-corrected chi connectivity index (χ3v) is 4.79. The van der Waals surface area contributed by atoms with Crippen LogP contribution in [0.15, 0.2) is 16.4 Å². The van der Waals surface area contributed by atoms with Crippen molar-refractivity contribution < 1.29 is 4.74 Å². The van der Waals surface area contributed by atoms with Crippen LogP contribution in [0.25, 0.3) is 0 Å². The van der Waals surface area contributed by atoms with E-state index in [-0.39, 0.29) is 24.0 Å². The minimum absolute atomic E-state index is 0. The van der Waals surface area contributed by atoms with Gasteiger partial charge in [0.25, 0.3) is 0 Å². The number of aryl methyl sites for hydroxylation is 2. The van der Waals surface area contributed by atoms with E-state index < -0.39 is 0 Å². The van der Waals surface area contributed by atoms with E-state index in [1.807, 2.05) is 18.5 Å². The Hall–Kier alpha value is -1.20. The molecule has 0 unspecified atom stereocenters. The molecule has 0 saturated carbocycles. The molecule has 0 aliphatic rings. The molecule has 0 amide bonds. The maximum absolute atomic E-state index is 5.09. The zero-order chi connectivity index (χ0) is 17.4. The van der Waals surface area contributed by atoms with Crippen molar-refractivity contribution >= 4 is 41.3 Å². The molecule has 0 atom stereocenters. The Morgan fingerprint density at radius 3 is 2.72 bits per heavy atom. The maximum atomic E-state index is 5.09. The lowest BCUT2D eigenvalue weighted by Gasteiger charge is -2.12. The van der Waals surface area contributed by atoms with Crippen LogP contribution in [0.2, 0.25) is 0 Å². The summed E-state index contributed by atoms with van der Waals surface area (Å²) in [5.74, 6) is 2.51. The van der Waals surface area contributed by atoms with Crippen molar-refractivity contribution in [1.29, 1.82) is 0 Å². The van der Waals surface area contributed by atoms with Gasteiger partial charge in [0.2, 0.25) is 0 Å². The first-order valence-electron chi connectivity index (χ1n) is 8.00. The number of nitrogens with one attached hydrogen (secondary N) is 2. The Balaban J connectivity index is 0.00000312. The summed E-state index contributed by atoms with van der Waals surface area (Å²) in [6, 6.07) is 2.13. The Labute approximate surface area is 170 Å². The van der Waals surface area contributed by atoms with E-state index in [1.54, 1.807) is 18.4 Å². The zero-order valence-electron chi connectivity index (χ0n) is 15.2. The monoisotopic (exact) mass is 478 g/mol. The molecule has 0 bridgehead atoms. The molecule has 140 valence electrons. The predicted octanol–water partition coefficient (Wildman–Crippen LogP) is 2.38. The van der Waals surface area contributed by atoms with Gasteiger partial charge in [-0.1, -0.05) is 0 Å². The number of nitrogens with zero attached hydrogens (tertiary/aromatic N) is 4. The van der Waals surface area contributed by atoms with Crippen LogP contribution in [0.3, 0.4) is 0 Å². The zero-order valence-corrected chi connectivity index (χ0v) is 18.4. The molecule has 25 heavy (non-hydrogen) atoms. The minimum atomic E-state index is 0. The highest BCUT2D eigenvalue weighted by atomic mass is 127. The number of hydrogen-bond donors (Lipinski definition) is 2. The van der Waals surface area contributed by atoms with Crippen molar-refractivity contribution in [2.75, 3.05) is 20.3 Å². The number of aliphatic imine (C=N–C) groups is 1. The van der Waals surface area contributed by atoms with Gasteiger partial charge < -0.3 is 19.9 Å². The lowest BCUT2D eigenvalue weighted by Crippen LogP contribution is -2.37. The molecule has 0 fully saturated rings. The first kappa shape index (κ1) is 21.8. The lowest BCUT2D eigenvalue weighted by molar-refractivity contribution is 0.195. The van der Waals surface area contributed by atoms with Crippen molar-refractivity contribution in [2.24, 2.45) is 12.0 Å². The van der Waals surface area contributed by atoms with Crippen LogP contribution in [0, 0.1) is 13.8 Å². The molecule has 0 aliphatic carbocycles. The van der Waals surface area contributed by atoms with Gasteiger partial charge in [-0.2, -0.15) is 0 Å². The average Bonchev–Trinajstić information content (AvgIpc) is 3.13. The predicted molar refractivity (Wildman–Crippen MR) is 113 cm³/mol. The Bertz CT molecular complexity index is 669. The van der Waals surface area contributed by atoms with E-state index in [0.717, 1.165) is 43.7 Å². The quantitative estimate of drug-likeness (QED) is 0.264. The van der Waals surface area contributed by atoms with Gasteiger partial charge in [-0.25, -0.2) is 4.99 Å². The summed E-state index contributed by atoms with van der Waals surface area (Å²) in [5.41, 5.74) is 1.30. The highest BCUT2D eigenvalue weighted by molar-refractivity contribution is 14.0. The average molecular weight is 478 g/mol. The summed E-state index contributed by atoms with van der Waals surface area (Å²) in [6.45, 7) is 6.84. The van der Waals surface area contributed by atoms with Crippen molar-refractivity contribution in [3.8, 4) is 0 Å². The van der Waals surface area contributed by atoms with Crippen molar-refractivity contribution in [1.82, 2.24) is 25.4 Å². The number of rotatable bonds is 8. The SMILES string of the molecule is COCCCNC(=NCc1nnc(C)n1C)NCc1sccc1C.I. The summed E-state index contributed by atoms with van der Waals surface area (Å²) in [4.78, 5) is 5.95. The van der Waals surface area contributed by atoms with Gasteiger partial charge in [0.15, 0.2) is 11.8 Å². The summed E-state index contributed by atoms with van der Waals surface area (Å²) in [5, 5.41) is 17.1. The number of guanidine groups is 1. The number of halogens is 1. The summed E-state index contributed by atoms with van der Waals surface area (Å²) >= 11 is 1.75. The van der Waals surface area contributed by atoms with E-state index in [2.05, 4.69) is 44.2 Å². The van der Waals surface area contributed by atoms with Crippen LogP contribution in [0.4, 0.5) is 0 Å². The molecule has 0 radical (unpaired) electrons. The van der Waals surface area contributed by atoms with Gasteiger partial charge in [0.1, 0.15) is 12.4 Å². The summed E-state index contributed by atoms with van der Waals surface area (Å²) in [6.07, 6.45) is 0.929. The molecule has 0 spiro atoms. The third kappa shape index (κ3) is 6.90. The van der Waals surface area contributed by atoms with E-state index >= 15 is 0 Å². The Kier molecular flexibility index (Phi) is 9.98. The second-order valence-corrected chi connectivity index (χ2v) is 6.54. The Morgan fingerprint density at radius 1 is 1.32 bits per heavy atom. The molecule has 0 aliphatic heterocycles. The molecule has 0 aromatic carbocycles. The fourth-order valence-electron chi connectivity index (χ4n) is 2.09. The highest BCUT2D eigenvalue weighted by Crippen LogP contribution is 2.14. The summed E-state index contributed by atoms with van der Waals surface area (Å²) in [7, 11) is 3.66. The molecule has 0 saturated heterocycles. The summed E-state index contributed by atoms with van der Waals surface area (Å²) < 4.78 is 7.04. The van der Waals surface area contributed by atoms with E-state index in [1.165, 1.54) is 10.4 Å². The molecule has 2 aromatic rings. The van der Waals surface area contributed by atoms with Gasteiger partial charge in [0.05, 0.1) is 6.54 Å². The van der Waals surface area contributed by atoms with Crippen LogP contribution in [0.1, 0.15) is 28.5 Å². The molecule has 9 heteroatoms. The molecule has 7 nitrogen and oxygen atoms in total. The van der Waals surface area contributed by atoms with E-state index in [0.29, 0.717) is 6.54 Å². The van der Waals surface area contributed by atoms with Crippen molar-refractivity contribution in [3.05, 3.63) is 33.5 Å². The minimum Gasteiger partial charge on any atom is -0.385 e. The van der Waals surface area contributed by atoms with Gasteiger partial charge in [-0.15, -0.1) is 45.5 Å². The fraction of sp³-hybridized carbons (Fsp3) is 0.562. The van der Waals surface area contributed by atoms with Gasteiger partial charge in [-0.3, -0.25) is 0 Å². The molecule has 2 N–H and O–H groups in total. The van der Waals surface area contributed by atoms with Crippen molar-refractivity contribution in [2.45, 2.75) is 33.4 Å². The number of hydrogen-bond acceptors (Lipinski definition) is 5. The van der Waals surface area contributed by atoms with Crippen LogP contribution < -0.4 is 10.6 Å². The number of ether oxygens (including phenoxy) is 1. The van der Waals surface area contributed by atoms with Crippen LogP contribution >= 0.6 is 35.3 Å². The largest absolute Gasteiger partial charge is 0.385 e. The number of methoxy groups -OCH3 is 1. The molecule has 2 rings (SSSR count).